The van der Waals surface area contributed by atoms with Crippen LogP contribution in [-0.2, 0) is 11.3 Å². The molecule has 0 radical (unpaired) electrons. The number of carbonyl (C=O) groups excluding carboxylic acids is 1. The Balaban J connectivity index is 1.83. The minimum absolute atomic E-state index is 0.175. The van der Waals surface area contributed by atoms with Crippen molar-refractivity contribution >= 4 is 33.4 Å². The lowest BCUT2D eigenvalue weighted by Crippen LogP contribution is -2.43. The van der Waals surface area contributed by atoms with Gasteiger partial charge in [-0.15, -0.1) is 0 Å². The number of amides is 1. The van der Waals surface area contributed by atoms with Gasteiger partial charge in [-0.25, -0.2) is 0 Å². The highest BCUT2D eigenvalue weighted by Crippen LogP contribution is 2.21. The summed E-state index contributed by atoms with van der Waals surface area (Å²) in [5, 5.41) is 4.31. The van der Waals surface area contributed by atoms with Crippen molar-refractivity contribution in [3.8, 4) is 0 Å². The fraction of sp³-hybridized carbons (Fsp3) is 0.500. The van der Waals surface area contributed by atoms with E-state index in [0.717, 1.165) is 47.5 Å². The van der Waals surface area contributed by atoms with Gasteiger partial charge in [-0.05, 0) is 36.6 Å². The molecule has 0 bridgehead atoms. The van der Waals surface area contributed by atoms with Gasteiger partial charge in [0.25, 0.3) is 0 Å². The van der Waals surface area contributed by atoms with Crippen molar-refractivity contribution < 1.29 is 4.79 Å². The first-order chi connectivity index (χ1) is 9.06. The van der Waals surface area contributed by atoms with E-state index in [1.54, 1.807) is 6.92 Å². The normalized spacial score (nSPS) is 16.7. The third kappa shape index (κ3) is 4.20. The van der Waals surface area contributed by atoms with Crippen LogP contribution in [0, 0.1) is 0 Å². The van der Waals surface area contributed by atoms with Crippen LogP contribution < -0.4 is 5.32 Å². The Morgan fingerprint density at radius 2 is 2.16 bits per heavy atom. The third-order valence-corrected chi connectivity index (χ3v) is 4.39. The smallest absolute Gasteiger partial charge is 0.219 e. The molecule has 1 aliphatic heterocycles. The van der Waals surface area contributed by atoms with Crippen molar-refractivity contribution in [2.75, 3.05) is 13.1 Å². The zero-order chi connectivity index (χ0) is 13.8. The average molecular weight is 346 g/mol. The van der Waals surface area contributed by atoms with Crippen LogP contribution in [0.25, 0.3) is 0 Å². The lowest BCUT2D eigenvalue weighted by atomic mass is 10.0. The maximum absolute atomic E-state index is 11.2. The van der Waals surface area contributed by atoms with Gasteiger partial charge in [0.1, 0.15) is 0 Å². The SMILES string of the molecule is CC(=O)N1CCC(NCc2cc(Br)ccc2Cl)CC1. The summed E-state index contributed by atoms with van der Waals surface area (Å²) in [6.45, 7) is 4.09. The zero-order valence-corrected chi connectivity index (χ0v) is 13.3. The predicted molar refractivity (Wildman–Crippen MR) is 81.3 cm³/mol. The maximum atomic E-state index is 11.2. The molecule has 0 spiro atoms. The largest absolute Gasteiger partial charge is 0.343 e. The number of rotatable bonds is 3. The molecule has 5 heteroatoms. The lowest BCUT2D eigenvalue weighted by molar-refractivity contribution is -0.129. The number of hydrogen-bond acceptors (Lipinski definition) is 2. The molecular formula is C14H18BrClN2O. The van der Waals surface area contributed by atoms with Gasteiger partial charge in [0, 0.05) is 42.1 Å². The van der Waals surface area contributed by atoms with Gasteiger partial charge in [0.15, 0.2) is 0 Å². The Hall–Kier alpha value is -0.580. The molecule has 1 saturated heterocycles. The standard InChI is InChI=1S/C14H18BrClN2O/c1-10(19)18-6-4-13(5-7-18)17-9-11-8-12(15)2-3-14(11)16/h2-3,8,13,17H,4-7,9H2,1H3. The van der Waals surface area contributed by atoms with E-state index in [9.17, 15) is 4.79 Å². The summed E-state index contributed by atoms with van der Waals surface area (Å²) in [7, 11) is 0. The number of benzene rings is 1. The van der Waals surface area contributed by atoms with Crippen molar-refractivity contribution in [3.63, 3.8) is 0 Å². The number of piperidine rings is 1. The number of carbonyl (C=O) groups is 1. The minimum atomic E-state index is 0.175. The molecule has 0 atom stereocenters. The Labute approximate surface area is 127 Å². The molecule has 1 amide bonds. The van der Waals surface area contributed by atoms with Crippen molar-refractivity contribution in [2.45, 2.75) is 32.4 Å². The summed E-state index contributed by atoms with van der Waals surface area (Å²) in [5.74, 6) is 0.175. The summed E-state index contributed by atoms with van der Waals surface area (Å²) in [4.78, 5) is 13.2. The Kier molecular flexibility index (Phi) is 5.25. The fourth-order valence-corrected chi connectivity index (χ4v) is 2.92. The van der Waals surface area contributed by atoms with Crippen LogP contribution in [0.15, 0.2) is 22.7 Å². The summed E-state index contributed by atoms with van der Waals surface area (Å²) >= 11 is 9.62. The van der Waals surface area contributed by atoms with Crippen molar-refractivity contribution in [2.24, 2.45) is 0 Å². The van der Waals surface area contributed by atoms with E-state index in [2.05, 4.69) is 21.2 Å². The van der Waals surface area contributed by atoms with Crippen LogP contribution in [0.5, 0.6) is 0 Å². The third-order valence-electron chi connectivity index (χ3n) is 3.53. The molecular weight excluding hydrogens is 328 g/mol. The lowest BCUT2D eigenvalue weighted by Gasteiger charge is -2.31. The Morgan fingerprint density at radius 1 is 1.47 bits per heavy atom. The maximum Gasteiger partial charge on any atom is 0.219 e. The first-order valence-electron chi connectivity index (χ1n) is 6.49. The summed E-state index contributed by atoms with van der Waals surface area (Å²) in [6.07, 6.45) is 2.01. The van der Waals surface area contributed by atoms with E-state index >= 15 is 0 Å². The molecule has 1 heterocycles. The summed E-state index contributed by atoms with van der Waals surface area (Å²) in [5.41, 5.74) is 1.10. The van der Waals surface area contributed by atoms with Crippen molar-refractivity contribution in [1.29, 1.82) is 0 Å². The summed E-state index contributed by atoms with van der Waals surface area (Å²) < 4.78 is 1.04. The van der Waals surface area contributed by atoms with E-state index in [1.807, 2.05) is 23.1 Å². The van der Waals surface area contributed by atoms with Crippen molar-refractivity contribution in [3.05, 3.63) is 33.3 Å². The molecule has 1 fully saturated rings. The van der Waals surface area contributed by atoms with Crippen LogP contribution in [0.1, 0.15) is 25.3 Å². The van der Waals surface area contributed by atoms with E-state index in [0.29, 0.717) is 6.04 Å². The first kappa shape index (κ1) is 14.8. The van der Waals surface area contributed by atoms with Crippen LogP contribution in [-0.4, -0.2) is 29.9 Å². The quantitative estimate of drug-likeness (QED) is 0.912. The van der Waals surface area contributed by atoms with Gasteiger partial charge < -0.3 is 10.2 Å². The van der Waals surface area contributed by atoms with Crippen LogP contribution in [0.2, 0.25) is 5.02 Å². The van der Waals surface area contributed by atoms with E-state index in [4.69, 9.17) is 11.6 Å². The molecule has 1 aromatic carbocycles. The average Bonchev–Trinajstić information content (AvgIpc) is 2.40. The highest BCUT2D eigenvalue weighted by molar-refractivity contribution is 9.10. The van der Waals surface area contributed by atoms with E-state index in [1.165, 1.54) is 0 Å². The molecule has 104 valence electrons. The minimum Gasteiger partial charge on any atom is -0.343 e. The predicted octanol–water partition coefficient (Wildman–Crippen LogP) is 3.20. The Morgan fingerprint density at radius 3 is 2.79 bits per heavy atom. The molecule has 1 aliphatic rings. The van der Waals surface area contributed by atoms with Crippen LogP contribution >= 0.6 is 27.5 Å². The molecule has 1 aromatic rings. The number of halogens is 2. The molecule has 0 aromatic heterocycles. The van der Waals surface area contributed by atoms with E-state index in [-0.39, 0.29) is 5.91 Å². The molecule has 2 rings (SSSR count). The zero-order valence-electron chi connectivity index (χ0n) is 11.0. The first-order valence-corrected chi connectivity index (χ1v) is 7.66. The number of likely N-dealkylation sites (tertiary alicyclic amines) is 1. The van der Waals surface area contributed by atoms with Gasteiger partial charge >= 0.3 is 0 Å². The van der Waals surface area contributed by atoms with Crippen molar-refractivity contribution in [1.82, 2.24) is 10.2 Å². The van der Waals surface area contributed by atoms with Gasteiger partial charge in [-0.1, -0.05) is 27.5 Å². The topological polar surface area (TPSA) is 32.3 Å². The van der Waals surface area contributed by atoms with Gasteiger partial charge in [0.05, 0.1) is 0 Å². The van der Waals surface area contributed by atoms with Gasteiger partial charge in [-0.2, -0.15) is 0 Å². The molecule has 0 unspecified atom stereocenters. The molecule has 0 aliphatic carbocycles. The van der Waals surface area contributed by atoms with Gasteiger partial charge in [0.2, 0.25) is 5.91 Å². The highest BCUT2D eigenvalue weighted by Gasteiger charge is 2.20. The summed E-state index contributed by atoms with van der Waals surface area (Å²) in [6, 6.07) is 6.35. The van der Waals surface area contributed by atoms with Crippen LogP contribution in [0.3, 0.4) is 0 Å². The second kappa shape index (κ2) is 6.73. The second-order valence-corrected chi connectivity index (χ2v) is 6.22. The fourth-order valence-electron chi connectivity index (χ4n) is 2.33. The van der Waals surface area contributed by atoms with Gasteiger partial charge in [-0.3, -0.25) is 4.79 Å². The highest BCUT2D eigenvalue weighted by atomic mass is 79.9. The second-order valence-electron chi connectivity index (χ2n) is 4.90. The van der Waals surface area contributed by atoms with E-state index < -0.39 is 0 Å². The molecule has 0 saturated carbocycles. The number of nitrogens with one attached hydrogen (secondary N) is 1. The monoisotopic (exact) mass is 344 g/mol. The van der Waals surface area contributed by atoms with Crippen LogP contribution in [0.4, 0.5) is 0 Å². The number of hydrogen-bond donors (Lipinski definition) is 1. The number of nitrogens with zero attached hydrogens (tertiary/aromatic N) is 1. The molecule has 19 heavy (non-hydrogen) atoms. The Bertz CT molecular complexity index is 459. The molecule has 3 nitrogen and oxygen atoms in total. The molecule has 1 N–H and O–H groups in total.